The molecule has 4 rings (SSSR count). The molecule has 0 saturated heterocycles. The van der Waals surface area contributed by atoms with Crippen LogP contribution in [-0.2, 0) is 0 Å². The lowest BCUT2D eigenvalue weighted by Crippen LogP contribution is -2.13. The van der Waals surface area contributed by atoms with Crippen molar-refractivity contribution < 1.29 is 0 Å². The number of nitrogens with one attached hydrogen (secondary N) is 1. The first kappa shape index (κ1) is 17.2. The number of benzene rings is 3. The maximum absolute atomic E-state index is 13.1. The molecular weight excluding hydrogens is 350 g/mol. The van der Waals surface area contributed by atoms with Crippen molar-refractivity contribution in [2.75, 3.05) is 0 Å². The predicted molar refractivity (Wildman–Crippen MR) is 107 cm³/mol. The molecule has 6 heteroatoms. The lowest BCUT2D eigenvalue weighted by Gasteiger charge is -2.01. The minimum atomic E-state index is -0.316. The minimum Gasteiger partial charge on any atom is -0.288 e. The number of nitriles is 1. The summed E-state index contributed by atoms with van der Waals surface area (Å²) in [6, 6.07) is 27.7. The molecule has 1 aromatic heterocycles. The van der Waals surface area contributed by atoms with Crippen LogP contribution in [-0.4, -0.2) is 9.78 Å². The summed E-state index contributed by atoms with van der Waals surface area (Å²) in [5, 5.41) is 20.8. The van der Waals surface area contributed by atoms with Crippen molar-refractivity contribution in [2.45, 2.75) is 0 Å². The summed E-state index contributed by atoms with van der Waals surface area (Å²) >= 11 is 0. The molecule has 0 unspecified atom stereocenters. The third-order valence-corrected chi connectivity index (χ3v) is 4.23. The topological polar surface area (TPSA) is 86.3 Å². The van der Waals surface area contributed by atoms with Gasteiger partial charge in [0.05, 0.1) is 16.9 Å². The zero-order valence-corrected chi connectivity index (χ0v) is 14.8. The Morgan fingerprint density at radius 3 is 2.18 bits per heavy atom. The molecule has 4 aromatic rings. The first-order valence-electron chi connectivity index (χ1n) is 8.64. The van der Waals surface area contributed by atoms with Gasteiger partial charge in [-0.1, -0.05) is 60.7 Å². The van der Waals surface area contributed by atoms with Crippen molar-refractivity contribution in [1.82, 2.24) is 9.78 Å². The maximum Gasteiger partial charge on any atom is 0.299 e. The molecule has 3 aromatic carbocycles. The average Bonchev–Trinajstić information content (AvgIpc) is 3.10. The number of para-hydroxylation sites is 1. The van der Waals surface area contributed by atoms with E-state index in [4.69, 9.17) is 0 Å². The largest absolute Gasteiger partial charge is 0.299 e. The molecular formula is C22H15N5O. The van der Waals surface area contributed by atoms with E-state index in [1.807, 2.05) is 60.7 Å². The highest BCUT2D eigenvalue weighted by Crippen LogP contribution is 2.28. The van der Waals surface area contributed by atoms with Gasteiger partial charge >= 0.3 is 0 Å². The molecule has 0 aliphatic rings. The number of azo groups is 1. The molecule has 28 heavy (non-hydrogen) atoms. The van der Waals surface area contributed by atoms with Crippen LogP contribution in [0.1, 0.15) is 5.56 Å². The van der Waals surface area contributed by atoms with Crippen molar-refractivity contribution in [3.8, 4) is 23.0 Å². The Morgan fingerprint density at radius 2 is 1.46 bits per heavy atom. The standard InChI is InChI=1S/C22H15N5O/c23-15-17-11-7-8-14-19(17)24-25-21-20(16-9-3-1-4-10-16)26-27(22(21)28)18-12-5-2-6-13-18/h1-14,26H. The molecule has 1 heterocycles. The zero-order chi connectivity index (χ0) is 19.3. The summed E-state index contributed by atoms with van der Waals surface area (Å²) in [5.41, 5.74) is 2.75. The van der Waals surface area contributed by atoms with Crippen molar-refractivity contribution in [1.29, 1.82) is 5.26 Å². The first-order chi connectivity index (χ1) is 13.8. The van der Waals surface area contributed by atoms with Crippen molar-refractivity contribution in [3.05, 3.63) is 101 Å². The van der Waals surface area contributed by atoms with Gasteiger partial charge in [-0.3, -0.25) is 9.89 Å². The van der Waals surface area contributed by atoms with Gasteiger partial charge in [0, 0.05) is 5.56 Å². The SMILES string of the molecule is N#Cc1ccccc1N=Nc1c(-c2ccccc2)[nH]n(-c2ccccc2)c1=O. The smallest absolute Gasteiger partial charge is 0.288 e. The average molecular weight is 365 g/mol. The normalized spacial score (nSPS) is 10.8. The second kappa shape index (κ2) is 7.56. The monoisotopic (exact) mass is 365 g/mol. The van der Waals surface area contributed by atoms with Gasteiger partial charge < -0.3 is 0 Å². The quantitative estimate of drug-likeness (QED) is 0.509. The lowest BCUT2D eigenvalue weighted by molar-refractivity contribution is 0.852. The first-order valence-corrected chi connectivity index (χ1v) is 8.64. The van der Waals surface area contributed by atoms with Crippen molar-refractivity contribution in [2.24, 2.45) is 10.2 Å². The Morgan fingerprint density at radius 1 is 0.821 bits per heavy atom. The number of aromatic amines is 1. The predicted octanol–water partition coefficient (Wildman–Crippen LogP) is 5.12. The number of hydrogen-bond acceptors (Lipinski definition) is 4. The number of hydrogen-bond donors (Lipinski definition) is 1. The molecule has 0 amide bonds. The zero-order valence-electron chi connectivity index (χ0n) is 14.8. The van der Waals surface area contributed by atoms with Gasteiger partial charge in [-0.05, 0) is 24.3 Å². The Labute approximate surface area is 161 Å². The van der Waals surface area contributed by atoms with Crippen molar-refractivity contribution >= 4 is 11.4 Å². The van der Waals surface area contributed by atoms with Crippen LogP contribution in [0.3, 0.4) is 0 Å². The van der Waals surface area contributed by atoms with Crippen molar-refractivity contribution in [3.63, 3.8) is 0 Å². The number of aromatic nitrogens is 2. The summed E-state index contributed by atoms with van der Waals surface area (Å²) in [6.07, 6.45) is 0. The van der Waals surface area contributed by atoms with Gasteiger partial charge in [-0.25, -0.2) is 4.68 Å². The van der Waals surface area contributed by atoms with E-state index in [1.165, 1.54) is 4.68 Å². The molecule has 0 bridgehead atoms. The molecule has 0 atom stereocenters. The van der Waals surface area contributed by atoms with Crippen LogP contribution in [0.25, 0.3) is 16.9 Å². The van der Waals surface area contributed by atoms with Gasteiger partial charge in [0.25, 0.3) is 5.56 Å². The third kappa shape index (κ3) is 3.24. The number of rotatable bonds is 4. The Kier molecular flexibility index (Phi) is 4.64. The fraction of sp³-hybridized carbons (Fsp3) is 0. The van der Waals surface area contributed by atoms with Crippen LogP contribution >= 0.6 is 0 Å². The Bertz CT molecular complexity index is 1230. The Hall–Kier alpha value is -4.24. The summed E-state index contributed by atoms with van der Waals surface area (Å²) in [5.74, 6) is 0. The van der Waals surface area contributed by atoms with E-state index in [2.05, 4.69) is 21.4 Å². The van der Waals surface area contributed by atoms with E-state index < -0.39 is 0 Å². The minimum absolute atomic E-state index is 0.183. The molecule has 0 fully saturated rings. The molecule has 0 aliphatic carbocycles. The molecule has 6 nitrogen and oxygen atoms in total. The highest BCUT2D eigenvalue weighted by Gasteiger charge is 2.17. The number of nitrogens with zero attached hydrogens (tertiary/aromatic N) is 4. The molecule has 0 saturated carbocycles. The van der Waals surface area contributed by atoms with E-state index >= 15 is 0 Å². The highest BCUT2D eigenvalue weighted by atomic mass is 16.1. The molecule has 1 N–H and O–H groups in total. The van der Waals surface area contributed by atoms with E-state index in [0.29, 0.717) is 22.6 Å². The van der Waals surface area contributed by atoms with Crippen LogP contribution < -0.4 is 5.56 Å². The third-order valence-electron chi connectivity index (χ3n) is 4.23. The number of H-pyrrole nitrogens is 1. The second-order valence-electron chi connectivity index (χ2n) is 6.01. The van der Waals surface area contributed by atoms with Gasteiger partial charge in [0.15, 0.2) is 5.69 Å². The van der Waals surface area contributed by atoms with Gasteiger partial charge in [-0.2, -0.15) is 5.26 Å². The summed E-state index contributed by atoms with van der Waals surface area (Å²) in [7, 11) is 0. The maximum atomic E-state index is 13.1. The summed E-state index contributed by atoms with van der Waals surface area (Å²) < 4.78 is 1.44. The fourth-order valence-corrected chi connectivity index (χ4v) is 2.85. The van der Waals surface area contributed by atoms with E-state index in [1.54, 1.807) is 24.3 Å². The van der Waals surface area contributed by atoms with E-state index in [0.717, 1.165) is 5.56 Å². The molecule has 0 radical (unpaired) electrons. The molecule has 134 valence electrons. The van der Waals surface area contributed by atoms with Crippen LogP contribution in [0.15, 0.2) is 100.0 Å². The fourth-order valence-electron chi connectivity index (χ4n) is 2.85. The van der Waals surface area contributed by atoms with Crippen LogP contribution in [0.5, 0.6) is 0 Å². The second-order valence-corrected chi connectivity index (χ2v) is 6.01. The van der Waals surface area contributed by atoms with Gasteiger partial charge in [0.1, 0.15) is 11.8 Å². The van der Waals surface area contributed by atoms with E-state index in [-0.39, 0.29) is 11.2 Å². The van der Waals surface area contributed by atoms with Crippen LogP contribution in [0.4, 0.5) is 11.4 Å². The van der Waals surface area contributed by atoms with Crippen LogP contribution in [0, 0.1) is 11.3 Å². The molecule has 0 aliphatic heterocycles. The summed E-state index contributed by atoms with van der Waals surface area (Å²) in [6.45, 7) is 0. The Balaban J connectivity index is 1.88. The highest BCUT2D eigenvalue weighted by molar-refractivity contribution is 5.72. The lowest BCUT2D eigenvalue weighted by atomic mass is 10.1. The van der Waals surface area contributed by atoms with Crippen LogP contribution in [0.2, 0.25) is 0 Å². The summed E-state index contributed by atoms with van der Waals surface area (Å²) in [4.78, 5) is 13.1. The molecule has 0 spiro atoms. The van der Waals surface area contributed by atoms with Gasteiger partial charge in [0.2, 0.25) is 0 Å². The van der Waals surface area contributed by atoms with E-state index in [9.17, 15) is 10.1 Å². The van der Waals surface area contributed by atoms with Gasteiger partial charge in [-0.15, -0.1) is 10.2 Å².